The smallest absolute Gasteiger partial charge is 0.317 e. The van der Waals surface area contributed by atoms with Crippen LogP contribution in [-0.4, -0.2) is 43.7 Å². The molecule has 6 nitrogen and oxygen atoms in total. The van der Waals surface area contributed by atoms with Gasteiger partial charge >= 0.3 is 10.4 Å². The summed E-state index contributed by atoms with van der Waals surface area (Å²) >= 11 is 0. The monoisotopic (exact) mass is 272 g/mol. The molecule has 0 aliphatic carbocycles. The van der Waals surface area contributed by atoms with Crippen LogP contribution in [0.5, 0.6) is 0 Å². The van der Waals surface area contributed by atoms with E-state index >= 15 is 0 Å². The Morgan fingerprint density at radius 3 is 1.12 bits per heavy atom. The normalized spacial score (nSPS) is 9.76. The minimum absolute atomic E-state index is 1.10. The minimum atomic E-state index is -4.67. The lowest BCUT2D eigenvalue weighted by atomic mass is 10.5. The second-order valence-electron chi connectivity index (χ2n) is 3.15. The van der Waals surface area contributed by atoms with E-state index in [9.17, 15) is 0 Å². The van der Waals surface area contributed by atoms with Gasteiger partial charge in [-0.2, -0.15) is 8.42 Å². The fourth-order valence-electron chi connectivity index (χ4n) is 0.707. The van der Waals surface area contributed by atoms with Crippen molar-refractivity contribution < 1.29 is 17.5 Å². The van der Waals surface area contributed by atoms with Crippen molar-refractivity contribution >= 4 is 10.4 Å². The second kappa shape index (κ2) is 18.2. The highest BCUT2D eigenvalue weighted by Crippen LogP contribution is 1.66. The van der Waals surface area contributed by atoms with E-state index in [2.05, 4.69) is 38.3 Å². The summed E-state index contributed by atoms with van der Waals surface area (Å²) in [4.78, 5) is 0. The molecule has 0 saturated heterocycles. The molecule has 0 aromatic carbocycles. The summed E-state index contributed by atoms with van der Waals surface area (Å²) in [6.07, 6.45) is 2.49. The van der Waals surface area contributed by atoms with Crippen molar-refractivity contribution in [3.8, 4) is 0 Å². The van der Waals surface area contributed by atoms with Gasteiger partial charge in [0.2, 0.25) is 0 Å². The van der Waals surface area contributed by atoms with Gasteiger partial charge in [-0.1, -0.05) is 27.7 Å². The summed E-state index contributed by atoms with van der Waals surface area (Å²) in [5.74, 6) is 0. The lowest BCUT2D eigenvalue weighted by Gasteiger charge is -1.91. The van der Waals surface area contributed by atoms with Crippen molar-refractivity contribution in [2.75, 3.05) is 26.2 Å². The van der Waals surface area contributed by atoms with Crippen LogP contribution in [0.4, 0.5) is 0 Å². The molecule has 0 aliphatic rings. The molecular formula is C10H28N2O4S. The van der Waals surface area contributed by atoms with E-state index in [4.69, 9.17) is 17.5 Å². The van der Waals surface area contributed by atoms with Crippen molar-refractivity contribution in [2.45, 2.75) is 40.5 Å². The van der Waals surface area contributed by atoms with Gasteiger partial charge in [-0.3, -0.25) is 9.11 Å². The first-order valence-corrected chi connectivity index (χ1v) is 7.34. The summed E-state index contributed by atoms with van der Waals surface area (Å²) in [6.45, 7) is 13.1. The van der Waals surface area contributed by atoms with Gasteiger partial charge in [0.05, 0.1) is 0 Å². The fourth-order valence-corrected chi connectivity index (χ4v) is 0.707. The van der Waals surface area contributed by atoms with Gasteiger partial charge in [0, 0.05) is 0 Å². The predicted octanol–water partition coefficient (Wildman–Crippen LogP) is 1.36. The summed E-state index contributed by atoms with van der Waals surface area (Å²) in [5, 5.41) is 6.40. The molecule has 0 aromatic heterocycles. The zero-order valence-corrected chi connectivity index (χ0v) is 12.2. The zero-order valence-electron chi connectivity index (χ0n) is 11.4. The maximum atomic E-state index is 8.74. The molecular weight excluding hydrogens is 244 g/mol. The molecule has 4 N–H and O–H groups in total. The van der Waals surface area contributed by atoms with Gasteiger partial charge in [-0.25, -0.2) is 0 Å². The standard InChI is InChI=1S/2C5H13N.H2O4S/c2*1-3-5-6-4-2;1-5(2,3)4/h2*6H,3-5H2,1-2H3;(H2,1,2,3,4). The van der Waals surface area contributed by atoms with Crippen molar-refractivity contribution in [1.82, 2.24) is 10.6 Å². The Kier molecular flexibility index (Phi) is 23.5. The Balaban J connectivity index is -0.000000174. The highest BCUT2D eigenvalue weighted by atomic mass is 32.3. The maximum absolute atomic E-state index is 8.74. The molecule has 0 aliphatic heterocycles. The SMILES string of the molecule is CCCNCC.CCCNCC.O=S(=O)(O)O. The van der Waals surface area contributed by atoms with E-state index in [-0.39, 0.29) is 0 Å². The quantitative estimate of drug-likeness (QED) is 0.430. The predicted molar refractivity (Wildman–Crippen MR) is 71.8 cm³/mol. The third-order valence-electron chi connectivity index (χ3n) is 1.35. The molecule has 0 rings (SSSR count). The van der Waals surface area contributed by atoms with Crippen LogP contribution < -0.4 is 10.6 Å². The van der Waals surface area contributed by atoms with Crippen molar-refractivity contribution in [3.63, 3.8) is 0 Å². The summed E-state index contributed by atoms with van der Waals surface area (Å²) in [7, 11) is -4.67. The molecule has 0 fully saturated rings. The van der Waals surface area contributed by atoms with Gasteiger partial charge in [-0.05, 0) is 39.0 Å². The zero-order chi connectivity index (χ0) is 14.2. The van der Waals surface area contributed by atoms with Crippen molar-refractivity contribution in [1.29, 1.82) is 0 Å². The van der Waals surface area contributed by atoms with Gasteiger partial charge in [0.15, 0.2) is 0 Å². The Bertz CT molecular complexity index is 184. The highest BCUT2D eigenvalue weighted by molar-refractivity contribution is 7.79. The Morgan fingerprint density at radius 2 is 1.06 bits per heavy atom. The van der Waals surface area contributed by atoms with Gasteiger partial charge in [-0.15, -0.1) is 0 Å². The molecule has 0 amide bonds. The second-order valence-corrected chi connectivity index (χ2v) is 4.05. The van der Waals surface area contributed by atoms with Gasteiger partial charge in [0.25, 0.3) is 0 Å². The average molecular weight is 272 g/mol. The molecule has 7 heteroatoms. The molecule has 0 bridgehead atoms. The van der Waals surface area contributed by atoms with E-state index in [1.165, 1.54) is 12.8 Å². The van der Waals surface area contributed by atoms with Crippen LogP contribution >= 0.6 is 0 Å². The van der Waals surface area contributed by atoms with Gasteiger partial charge in [0.1, 0.15) is 0 Å². The van der Waals surface area contributed by atoms with E-state index in [1.807, 2.05) is 0 Å². The number of hydrogen-bond donors (Lipinski definition) is 4. The van der Waals surface area contributed by atoms with E-state index < -0.39 is 10.4 Å². The van der Waals surface area contributed by atoms with Crippen molar-refractivity contribution in [3.05, 3.63) is 0 Å². The highest BCUT2D eigenvalue weighted by Gasteiger charge is 1.84. The van der Waals surface area contributed by atoms with Crippen LogP contribution in [0, 0.1) is 0 Å². The van der Waals surface area contributed by atoms with Crippen LogP contribution in [0.1, 0.15) is 40.5 Å². The van der Waals surface area contributed by atoms with E-state index in [1.54, 1.807) is 0 Å². The van der Waals surface area contributed by atoms with E-state index in [0.29, 0.717) is 0 Å². The lowest BCUT2D eigenvalue weighted by Crippen LogP contribution is -2.12. The first-order valence-electron chi connectivity index (χ1n) is 5.94. The first-order chi connectivity index (χ1) is 7.83. The van der Waals surface area contributed by atoms with Crippen LogP contribution in [0.25, 0.3) is 0 Å². The molecule has 0 aromatic rings. The maximum Gasteiger partial charge on any atom is 0.394 e. The number of nitrogens with one attached hydrogen (secondary N) is 2. The average Bonchev–Trinajstić information content (AvgIpc) is 2.22. The summed E-state index contributed by atoms with van der Waals surface area (Å²) in [5.41, 5.74) is 0. The van der Waals surface area contributed by atoms with Crippen LogP contribution in [0.2, 0.25) is 0 Å². The Labute approximate surface area is 106 Å². The molecule has 108 valence electrons. The molecule has 0 heterocycles. The summed E-state index contributed by atoms with van der Waals surface area (Å²) in [6, 6.07) is 0. The molecule has 0 unspecified atom stereocenters. The van der Waals surface area contributed by atoms with Crippen LogP contribution in [0.15, 0.2) is 0 Å². The van der Waals surface area contributed by atoms with Crippen LogP contribution in [0.3, 0.4) is 0 Å². The topological polar surface area (TPSA) is 98.7 Å². The van der Waals surface area contributed by atoms with Crippen molar-refractivity contribution in [2.24, 2.45) is 0 Å². The number of hydrogen-bond acceptors (Lipinski definition) is 4. The molecule has 17 heavy (non-hydrogen) atoms. The minimum Gasteiger partial charge on any atom is -0.317 e. The third kappa shape index (κ3) is 89.6. The third-order valence-corrected chi connectivity index (χ3v) is 1.35. The number of rotatable bonds is 6. The summed E-state index contributed by atoms with van der Waals surface area (Å²) < 4.78 is 31.6. The lowest BCUT2D eigenvalue weighted by molar-refractivity contribution is 0.381. The Hall–Kier alpha value is -0.210. The molecule has 0 atom stereocenters. The van der Waals surface area contributed by atoms with Crippen LogP contribution in [-0.2, 0) is 10.4 Å². The largest absolute Gasteiger partial charge is 0.394 e. The molecule has 0 saturated carbocycles. The molecule has 0 spiro atoms. The fraction of sp³-hybridized carbons (Fsp3) is 1.00. The first kappa shape index (κ1) is 22.0. The van der Waals surface area contributed by atoms with E-state index in [0.717, 1.165) is 26.2 Å². The molecule has 0 radical (unpaired) electrons. The Morgan fingerprint density at radius 1 is 0.824 bits per heavy atom. The van der Waals surface area contributed by atoms with Gasteiger partial charge < -0.3 is 10.6 Å².